The first-order valence-electron chi connectivity index (χ1n) is 10.7. The van der Waals surface area contributed by atoms with Crippen molar-refractivity contribution in [3.63, 3.8) is 0 Å². The molecule has 2 aromatic heterocycles. The molecule has 4 aromatic rings. The standard InChI is InChI=1S/C25H25N5O2/c1-15-28-22-8-7-20(13-23(22)29-15)30-25(26)21(14-27-30)24(31)19-11-17-6-5-16(4-3-9-32-2)10-18(17)12-19/h5-8,10-11,13-14H,3-4,9,12,26H2,1-2H3,(H,28,29). The molecule has 0 radical (unpaired) electrons. The number of nitrogen functional groups attached to an aromatic ring is 1. The second kappa shape index (κ2) is 8.09. The molecule has 0 unspecified atom stereocenters. The molecule has 7 nitrogen and oxygen atoms in total. The second-order valence-corrected chi connectivity index (χ2v) is 8.18. The molecule has 0 saturated carbocycles. The molecule has 0 fully saturated rings. The smallest absolute Gasteiger partial charge is 0.194 e. The lowest BCUT2D eigenvalue weighted by molar-refractivity contribution is 0.103. The summed E-state index contributed by atoms with van der Waals surface area (Å²) in [6.07, 6.45) is 6.07. The van der Waals surface area contributed by atoms with Crippen molar-refractivity contribution in [2.45, 2.75) is 26.2 Å². The highest BCUT2D eigenvalue weighted by Crippen LogP contribution is 2.30. The number of rotatable bonds is 7. The van der Waals surface area contributed by atoms with Gasteiger partial charge in [-0.2, -0.15) is 5.10 Å². The second-order valence-electron chi connectivity index (χ2n) is 8.18. The van der Waals surface area contributed by atoms with Crippen molar-refractivity contribution >= 4 is 28.7 Å². The van der Waals surface area contributed by atoms with Crippen molar-refractivity contribution in [2.75, 3.05) is 19.5 Å². The van der Waals surface area contributed by atoms with Gasteiger partial charge in [0, 0.05) is 25.7 Å². The van der Waals surface area contributed by atoms with Gasteiger partial charge in [0.15, 0.2) is 5.78 Å². The average molecular weight is 428 g/mol. The lowest BCUT2D eigenvalue weighted by Crippen LogP contribution is -2.08. The van der Waals surface area contributed by atoms with Crippen LogP contribution in [0.15, 0.2) is 48.2 Å². The fraction of sp³-hybridized carbons (Fsp3) is 0.240. The highest BCUT2D eigenvalue weighted by Gasteiger charge is 2.24. The summed E-state index contributed by atoms with van der Waals surface area (Å²) >= 11 is 0. The Morgan fingerprint density at radius 3 is 2.97 bits per heavy atom. The molecule has 5 rings (SSSR count). The quantitative estimate of drug-likeness (QED) is 0.343. The maximum Gasteiger partial charge on any atom is 0.194 e. The third kappa shape index (κ3) is 3.61. The number of ether oxygens (including phenoxy) is 1. The van der Waals surface area contributed by atoms with E-state index in [1.807, 2.05) is 31.2 Å². The maximum absolute atomic E-state index is 13.3. The summed E-state index contributed by atoms with van der Waals surface area (Å²) in [6.45, 7) is 2.66. The normalized spacial score (nSPS) is 12.9. The molecule has 1 aliphatic carbocycles. The van der Waals surface area contributed by atoms with Crippen LogP contribution in [-0.4, -0.2) is 39.2 Å². The summed E-state index contributed by atoms with van der Waals surface area (Å²) in [6, 6.07) is 12.1. The van der Waals surface area contributed by atoms with Crippen molar-refractivity contribution in [3.05, 3.63) is 76.2 Å². The van der Waals surface area contributed by atoms with Crippen LogP contribution in [0, 0.1) is 6.92 Å². The zero-order valence-corrected chi connectivity index (χ0v) is 18.2. The summed E-state index contributed by atoms with van der Waals surface area (Å²) in [5.74, 6) is 1.10. The Bertz CT molecular complexity index is 1360. The number of nitrogens with zero attached hydrogens (tertiary/aromatic N) is 3. The summed E-state index contributed by atoms with van der Waals surface area (Å²) in [4.78, 5) is 20.9. The molecular formula is C25H25N5O2. The van der Waals surface area contributed by atoms with Gasteiger partial charge in [0.05, 0.1) is 28.5 Å². The van der Waals surface area contributed by atoms with E-state index in [1.54, 1.807) is 18.0 Å². The monoisotopic (exact) mass is 427 g/mol. The average Bonchev–Trinajstić information content (AvgIpc) is 3.48. The van der Waals surface area contributed by atoms with Gasteiger partial charge < -0.3 is 15.5 Å². The first-order chi connectivity index (χ1) is 15.5. The number of methoxy groups -OCH3 is 1. The van der Waals surface area contributed by atoms with Crippen LogP contribution in [-0.2, 0) is 17.6 Å². The number of aromatic nitrogens is 4. The number of allylic oxidation sites excluding steroid dienone is 1. The molecule has 0 spiro atoms. The number of carbonyl (C=O) groups excluding carboxylic acids is 1. The van der Waals surface area contributed by atoms with E-state index in [9.17, 15) is 4.79 Å². The third-order valence-electron chi connectivity index (χ3n) is 5.90. The number of hydrogen-bond acceptors (Lipinski definition) is 5. The Balaban J connectivity index is 1.37. The molecule has 0 aliphatic heterocycles. The molecule has 1 aliphatic rings. The van der Waals surface area contributed by atoms with Crippen LogP contribution < -0.4 is 5.73 Å². The lowest BCUT2D eigenvalue weighted by atomic mass is 10.0. The summed E-state index contributed by atoms with van der Waals surface area (Å²) < 4.78 is 6.74. The highest BCUT2D eigenvalue weighted by atomic mass is 16.5. The van der Waals surface area contributed by atoms with Gasteiger partial charge >= 0.3 is 0 Å². The number of imidazole rings is 1. The molecule has 0 amide bonds. The summed E-state index contributed by atoms with van der Waals surface area (Å²) in [5.41, 5.74) is 13.6. The number of nitrogens with one attached hydrogen (secondary N) is 1. The van der Waals surface area contributed by atoms with E-state index in [0.29, 0.717) is 17.8 Å². The number of Topliss-reactive ketones (excluding diaryl/α,β-unsaturated/α-hetero) is 1. The van der Waals surface area contributed by atoms with Crippen molar-refractivity contribution in [3.8, 4) is 5.69 Å². The van der Waals surface area contributed by atoms with Crippen LogP contribution in [0.1, 0.15) is 39.3 Å². The van der Waals surface area contributed by atoms with E-state index in [1.165, 1.54) is 11.1 Å². The number of aryl methyl sites for hydroxylation is 2. The van der Waals surface area contributed by atoms with E-state index in [4.69, 9.17) is 10.5 Å². The minimum Gasteiger partial charge on any atom is -0.385 e. The maximum atomic E-state index is 13.3. The van der Waals surface area contributed by atoms with E-state index >= 15 is 0 Å². The number of aromatic amines is 1. The minimum atomic E-state index is -0.0793. The van der Waals surface area contributed by atoms with Crippen molar-refractivity contribution in [1.29, 1.82) is 0 Å². The molecule has 32 heavy (non-hydrogen) atoms. The molecule has 7 heteroatoms. The van der Waals surface area contributed by atoms with Gasteiger partial charge in [-0.15, -0.1) is 0 Å². The zero-order valence-electron chi connectivity index (χ0n) is 18.2. The highest BCUT2D eigenvalue weighted by molar-refractivity contribution is 6.15. The SMILES string of the molecule is COCCCc1ccc2c(c1)CC(C(=O)c1cnn(-c3ccc4nc(C)[nH]c4c3)c1N)=C2. The third-order valence-corrected chi connectivity index (χ3v) is 5.90. The Morgan fingerprint density at radius 2 is 2.12 bits per heavy atom. The molecule has 0 saturated heterocycles. The Labute approximate surface area is 185 Å². The van der Waals surface area contributed by atoms with Gasteiger partial charge in [-0.1, -0.05) is 18.2 Å². The Morgan fingerprint density at radius 1 is 1.25 bits per heavy atom. The summed E-state index contributed by atoms with van der Waals surface area (Å²) in [7, 11) is 1.72. The van der Waals surface area contributed by atoms with E-state index in [-0.39, 0.29) is 5.78 Å². The topological polar surface area (TPSA) is 98.8 Å². The van der Waals surface area contributed by atoms with Crippen LogP contribution in [0.5, 0.6) is 0 Å². The van der Waals surface area contributed by atoms with Crippen molar-refractivity contribution in [1.82, 2.24) is 19.7 Å². The predicted molar refractivity (Wildman–Crippen MR) is 125 cm³/mol. The van der Waals surface area contributed by atoms with Gasteiger partial charge in [-0.05, 0) is 60.7 Å². The van der Waals surface area contributed by atoms with Gasteiger partial charge in [-0.25, -0.2) is 9.67 Å². The number of carbonyl (C=O) groups is 1. The van der Waals surface area contributed by atoms with E-state index < -0.39 is 0 Å². The van der Waals surface area contributed by atoms with Crippen LogP contribution in [0.2, 0.25) is 0 Å². The van der Waals surface area contributed by atoms with Gasteiger partial charge in [0.1, 0.15) is 11.6 Å². The minimum absolute atomic E-state index is 0.0793. The molecule has 2 heterocycles. The Hall–Kier alpha value is -3.71. The van der Waals surface area contributed by atoms with Crippen LogP contribution in [0.25, 0.3) is 22.8 Å². The fourth-order valence-corrected chi connectivity index (χ4v) is 4.29. The number of nitrogens with two attached hydrogens (primary N) is 1. The van der Waals surface area contributed by atoms with E-state index in [2.05, 4.69) is 33.3 Å². The van der Waals surface area contributed by atoms with Crippen molar-refractivity contribution in [2.24, 2.45) is 0 Å². The van der Waals surface area contributed by atoms with E-state index in [0.717, 1.165) is 53.1 Å². The molecular weight excluding hydrogens is 402 g/mol. The number of benzene rings is 2. The van der Waals surface area contributed by atoms with Gasteiger partial charge in [0.25, 0.3) is 0 Å². The van der Waals surface area contributed by atoms with Crippen molar-refractivity contribution < 1.29 is 9.53 Å². The number of anilines is 1. The molecule has 3 N–H and O–H groups in total. The molecule has 0 bridgehead atoms. The largest absolute Gasteiger partial charge is 0.385 e. The zero-order chi connectivity index (χ0) is 22.2. The van der Waals surface area contributed by atoms with Gasteiger partial charge in [-0.3, -0.25) is 4.79 Å². The summed E-state index contributed by atoms with van der Waals surface area (Å²) in [5, 5.41) is 4.39. The van der Waals surface area contributed by atoms with Crippen LogP contribution >= 0.6 is 0 Å². The first-order valence-corrected chi connectivity index (χ1v) is 10.7. The Kier molecular flexibility index (Phi) is 5.11. The molecule has 162 valence electrons. The van der Waals surface area contributed by atoms with Crippen LogP contribution in [0.3, 0.4) is 0 Å². The first kappa shape index (κ1) is 20.2. The molecule has 2 aromatic carbocycles. The van der Waals surface area contributed by atoms with Crippen LogP contribution in [0.4, 0.5) is 5.82 Å². The number of H-pyrrole nitrogens is 1. The number of fused-ring (bicyclic) bond motifs is 2. The lowest BCUT2D eigenvalue weighted by Gasteiger charge is -2.06. The number of ketones is 1. The molecule has 0 atom stereocenters. The fourth-order valence-electron chi connectivity index (χ4n) is 4.29. The van der Waals surface area contributed by atoms with Gasteiger partial charge in [0.2, 0.25) is 0 Å². The number of hydrogen-bond donors (Lipinski definition) is 2. The predicted octanol–water partition coefficient (Wildman–Crippen LogP) is 4.04.